The van der Waals surface area contributed by atoms with Gasteiger partial charge in [0.1, 0.15) is 6.33 Å². The van der Waals surface area contributed by atoms with Gasteiger partial charge in [0.05, 0.1) is 11.3 Å². The van der Waals surface area contributed by atoms with Gasteiger partial charge in [0, 0.05) is 38.8 Å². The van der Waals surface area contributed by atoms with Crippen molar-refractivity contribution in [2.24, 2.45) is 11.3 Å². The van der Waals surface area contributed by atoms with Gasteiger partial charge in [-0.25, -0.2) is 9.97 Å². The number of piperidine rings is 2. The normalized spacial score (nSPS) is 23.2. The summed E-state index contributed by atoms with van der Waals surface area (Å²) in [6.45, 7) is 5.21. The Bertz CT molecular complexity index is 678. The number of nitrogens with zero attached hydrogens (tertiary/aromatic N) is 4. The van der Waals surface area contributed by atoms with Gasteiger partial charge in [-0.05, 0) is 50.4 Å². The molecule has 1 aromatic heterocycles. The standard InChI is InChI=1S/C19H26N4O2/c1-14-16(10-20-13-21-14)18(25)22-8-6-19(7-9-22)5-4-17(24)23(12-19)11-15-2-3-15/h10,13,15H,2-9,11-12H2,1H3. The lowest BCUT2D eigenvalue weighted by molar-refractivity contribution is -0.139. The average molecular weight is 342 g/mol. The van der Waals surface area contributed by atoms with Crippen LogP contribution in [0.2, 0.25) is 0 Å². The molecule has 0 bridgehead atoms. The van der Waals surface area contributed by atoms with Crippen LogP contribution in [0.15, 0.2) is 12.5 Å². The van der Waals surface area contributed by atoms with Crippen molar-refractivity contribution in [3.05, 3.63) is 23.8 Å². The highest BCUT2D eigenvalue weighted by Gasteiger charge is 2.43. The highest BCUT2D eigenvalue weighted by molar-refractivity contribution is 5.95. The third-order valence-corrected chi connectivity index (χ3v) is 6.18. The fourth-order valence-electron chi connectivity index (χ4n) is 4.24. The van der Waals surface area contributed by atoms with Gasteiger partial charge >= 0.3 is 0 Å². The van der Waals surface area contributed by atoms with E-state index in [1.807, 2.05) is 11.8 Å². The highest BCUT2D eigenvalue weighted by atomic mass is 16.2. The fraction of sp³-hybridized carbons (Fsp3) is 0.684. The predicted molar refractivity (Wildman–Crippen MR) is 92.9 cm³/mol. The average Bonchev–Trinajstić information content (AvgIpc) is 3.43. The topological polar surface area (TPSA) is 66.4 Å². The van der Waals surface area contributed by atoms with Crippen LogP contribution in [-0.2, 0) is 4.79 Å². The molecule has 6 heteroatoms. The maximum atomic E-state index is 12.7. The molecule has 134 valence electrons. The van der Waals surface area contributed by atoms with Gasteiger partial charge in [-0.1, -0.05) is 0 Å². The van der Waals surface area contributed by atoms with Crippen molar-refractivity contribution in [3.8, 4) is 0 Å². The summed E-state index contributed by atoms with van der Waals surface area (Å²) in [7, 11) is 0. The van der Waals surface area contributed by atoms with Crippen molar-refractivity contribution in [3.63, 3.8) is 0 Å². The number of rotatable bonds is 3. The Labute approximate surface area is 148 Å². The van der Waals surface area contributed by atoms with Gasteiger partial charge < -0.3 is 9.80 Å². The minimum absolute atomic E-state index is 0.0367. The number of aryl methyl sites for hydroxylation is 1. The SMILES string of the molecule is Cc1ncncc1C(=O)N1CCC2(CCC(=O)N(CC3CC3)C2)CC1. The molecule has 3 heterocycles. The Balaban J connectivity index is 1.39. The molecule has 25 heavy (non-hydrogen) atoms. The molecule has 2 amide bonds. The lowest BCUT2D eigenvalue weighted by Gasteiger charge is -2.47. The van der Waals surface area contributed by atoms with Gasteiger partial charge in [-0.2, -0.15) is 0 Å². The largest absolute Gasteiger partial charge is 0.342 e. The van der Waals surface area contributed by atoms with E-state index < -0.39 is 0 Å². The molecular weight excluding hydrogens is 316 g/mol. The van der Waals surface area contributed by atoms with Crippen LogP contribution >= 0.6 is 0 Å². The third-order valence-electron chi connectivity index (χ3n) is 6.18. The van der Waals surface area contributed by atoms with Crippen LogP contribution in [0.5, 0.6) is 0 Å². The molecule has 1 spiro atoms. The van der Waals surface area contributed by atoms with Crippen LogP contribution in [0.25, 0.3) is 0 Å². The van der Waals surface area contributed by atoms with Crippen LogP contribution in [0.1, 0.15) is 54.6 Å². The van der Waals surface area contributed by atoms with E-state index in [1.165, 1.54) is 19.2 Å². The molecular formula is C19H26N4O2. The minimum Gasteiger partial charge on any atom is -0.342 e. The van der Waals surface area contributed by atoms with Crippen molar-refractivity contribution in [2.45, 2.75) is 45.4 Å². The summed E-state index contributed by atoms with van der Waals surface area (Å²) in [6, 6.07) is 0. The van der Waals surface area contributed by atoms with E-state index in [9.17, 15) is 9.59 Å². The molecule has 1 aromatic rings. The Morgan fingerprint density at radius 2 is 2.04 bits per heavy atom. The Morgan fingerprint density at radius 3 is 2.72 bits per heavy atom. The van der Waals surface area contributed by atoms with Crippen LogP contribution in [0.4, 0.5) is 0 Å². The lowest BCUT2D eigenvalue weighted by Crippen LogP contribution is -2.52. The number of hydrogen-bond acceptors (Lipinski definition) is 4. The van der Waals surface area contributed by atoms with Crippen molar-refractivity contribution in [1.29, 1.82) is 0 Å². The monoisotopic (exact) mass is 342 g/mol. The maximum absolute atomic E-state index is 12.7. The number of likely N-dealkylation sites (tertiary alicyclic amines) is 2. The maximum Gasteiger partial charge on any atom is 0.257 e. The Kier molecular flexibility index (Phi) is 4.21. The quantitative estimate of drug-likeness (QED) is 0.843. The zero-order valence-corrected chi connectivity index (χ0v) is 14.9. The molecule has 0 atom stereocenters. The fourth-order valence-corrected chi connectivity index (χ4v) is 4.24. The summed E-state index contributed by atoms with van der Waals surface area (Å²) < 4.78 is 0. The van der Waals surface area contributed by atoms with Crippen LogP contribution in [0.3, 0.4) is 0 Å². The second kappa shape index (κ2) is 6.39. The number of amides is 2. The molecule has 6 nitrogen and oxygen atoms in total. The van der Waals surface area contributed by atoms with E-state index in [-0.39, 0.29) is 11.3 Å². The lowest BCUT2D eigenvalue weighted by atomic mass is 9.72. The van der Waals surface area contributed by atoms with Gasteiger partial charge in [0.15, 0.2) is 0 Å². The molecule has 0 unspecified atom stereocenters. The molecule has 1 saturated carbocycles. The highest BCUT2D eigenvalue weighted by Crippen LogP contribution is 2.42. The Hall–Kier alpha value is -1.98. The third kappa shape index (κ3) is 3.39. The second-order valence-corrected chi connectivity index (χ2v) is 8.03. The molecule has 3 fully saturated rings. The van der Waals surface area contributed by atoms with Crippen LogP contribution < -0.4 is 0 Å². The summed E-state index contributed by atoms with van der Waals surface area (Å²) in [5.41, 5.74) is 1.55. The minimum atomic E-state index is 0.0367. The first kappa shape index (κ1) is 16.5. The first-order valence-electron chi connectivity index (χ1n) is 9.40. The van der Waals surface area contributed by atoms with Crippen molar-refractivity contribution >= 4 is 11.8 Å². The van der Waals surface area contributed by atoms with E-state index in [0.717, 1.165) is 57.1 Å². The van der Waals surface area contributed by atoms with E-state index in [4.69, 9.17) is 0 Å². The zero-order chi connectivity index (χ0) is 17.4. The van der Waals surface area contributed by atoms with Crippen LogP contribution in [0, 0.1) is 18.3 Å². The van der Waals surface area contributed by atoms with Gasteiger partial charge in [0.25, 0.3) is 5.91 Å². The molecule has 0 radical (unpaired) electrons. The summed E-state index contributed by atoms with van der Waals surface area (Å²) in [4.78, 5) is 37.1. The molecule has 4 rings (SSSR count). The number of carbonyl (C=O) groups excluding carboxylic acids is 2. The van der Waals surface area contributed by atoms with Crippen molar-refractivity contribution in [1.82, 2.24) is 19.8 Å². The van der Waals surface area contributed by atoms with Gasteiger partial charge in [0.2, 0.25) is 5.91 Å². The van der Waals surface area contributed by atoms with E-state index >= 15 is 0 Å². The summed E-state index contributed by atoms with van der Waals surface area (Å²) >= 11 is 0. The first-order valence-corrected chi connectivity index (χ1v) is 9.40. The van der Waals surface area contributed by atoms with Crippen LogP contribution in [-0.4, -0.2) is 57.8 Å². The van der Waals surface area contributed by atoms with Gasteiger partial charge in [-0.3, -0.25) is 9.59 Å². The summed E-state index contributed by atoms with van der Waals surface area (Å²) in [6.07, 6.45) is 9.26. The zero-order valence-electron chi connectivity index (χ0n) is 14.9. The number of aromatic nitrogens is 2. The molecule has 0 aromatic carbocycles. The summed E-state index contributed by atoms with van der Waals surface area (Å²) in [5.74, 6) is 1.10. The molecule has 1 aliphatic carbocycles. The van der Waals surface area contributed by atoms with E-state index in [1.54, 1.807) is 6.20 Å². The van der Waals surface area contributed by atoms with Gasteiger partial charge in [-0.15, -0.1) is 0 Å². The second-order valence-electron chi connectivity index (χ2n) is 8.03. The summed E-state index contributed by atoms with van der Waals surface area (Å²) in [5, 5.41) is 0. The van der Waals surface area contributed by atoms with Crippen molar-refractivity contribution < 1.29 is 9.59 Å². The molecule has 2 aliphatic heterocycles. The van der Waals surface area contributed by atoms with Crippen molar-refractivity contribution in [2.75, 3.05) is 26.2 Å². The smallest absolute Gasteiger partial charge is 0.257 e. The van der Waals surface area contributed by atoms with E-state index in [0.29, 0.717) is 17.9 Å². The number of carbonyl (C=O) groups is 2. The molecule has 3 aliphatic rings. The van der Waals surface area contributed by atoms with E-state index in [2.05, 4.69) is 14.9 Å². The molecule has 0 N–H and O–H groups in total. The Morgan fingerprint density at radius 1 is 1.28 bits per heavy atom. The molecule has 2 saturated heterocycles. The first-order chi connectivity index (χ1) is 12.1. The number of hydrogen-bond donors (Lipinski definition) is 0. The predicted octanol–water partition coefficient (Wildman–Crippen LogP) is 2.04.